The summed E-state index contributed by atoms with van der Waals surface area (Å²) in [6, 6.07) is 6.64. The second-order valence-electron chi connectivity index (χ2n) is 3.56. The number of carbonyl (C=O) groups excluding carboxylic acids is 2. The van der Waals surface area contributed by atoms with E-state index in [1.165, 1.54) is 0 Å². The average molecular weight is 227 g/mol. The molecule has 82 valence electrons. The van der Waals surface area contributed by atoms with Crippen LogP contribution in [0, 0.1) is 0 Å². The first-order chi connectivity index (χ1) is 8.18. The van der Waals surface area contributed by atoms with Gasteiger partial charge >= 0.3 is 11.8 Å². The third-order valence-corrected chi connectivity index (χ3v) is 2.57. The van der Waals surface area contributed by atoms with Gasteiger partial charge in [0.15, 0.2) is 0 Å². The zero-order chi connectivity index (χ0) is 12.0. The molecule has 3 rings (SSSR count). The lowest BCUT2D eigenvalue weighted by Crippen LogP contribution is -2.23. The molecule has 2 amide bonds. The summed E-state index contributed by atoms with van der Waals surface area (Å²) in [7, 11) is 0. The van der Waals surface area contributed by atoms with E-state index in [1.54, 1.807) is 24.3 Å². The van der Waals surface area contributed by atoms with Gasteiger partial charge in [-0.3, -0.25) is 14.4 Å². The highest BCUT2D eigenvalue weighted by molar-refractivity contribution is 6.11. The molecule has 6 nitrogen and oxygen atoms in total. The number of nitrogens with one attached hydrogen (secondary N) is 1. The molecule has 17 heavy (non-hydrogen) atoms. The molecule has 1 aliphatic heterocycles. The van der Waals surface area contributed by atoms with Crippen molar-refractivity contribution < 1.29 is 9.59 Å². The maximum Gasteiger partial charge on any atom is 0.312 e. The summed E-state index contributed by atoms with van der Waals surface area (Å²) in [5.41, 5.74) is -0.321. The second kappa shape index (κ2) is 3.18. The lowest BCUT2D eigenvalue weighted by molar-refractivity contribution is 0.0916. The Morgan fingerprint density at radius 3 is 2.47 bits per heavy atom. The number of rotatable bonds is 0. The zero-order valence-electron chi connectivity index (χ0n) is 8.43. The van der Waals surface area contributed by atoms with E-state index in [-0.39, 0.29) is 11.3 Å². The number of aromatic nitrogens is 1. The summed E-state index contributed by atoms with van der Waals surface area (Å²) in [6.45, 7) is 0. The molecule has 1 aromatic carbocycles. The smallest absolute Gasteiger partial charge is 0.312 e. The van der Waals surface area contributed by atoms with Crippen LogP contribution in [-0.4, -0.2) is 16.8 Å². The fourth-order valence-corrected chi connectivity index (χ4v) is 1.79. The molecule has 6 heteroatoms. The van der Waals surface area contributed by atoms with Crippen molar-refractivity contribution in [2.75, 3.05) is 0 Å². The molecule has 0 fully saturated rings. The number of hydrogen-bond donors (Lipinski definition) is 1. The van der Waals surface area contributed by atoms with Crippen molar-refractivity contribution in [3.63, 3.8) is 0 Å². The standard InChI is InChI=1S/C11H5N3O3/c15-9-5-3-1-2-4-6(5)12-8-7(9)10(16)13-14-11(8)17/h1-4H,(H,12,15). The SMILES string of the molecule is O=C1N=NC(=O)c2c1[nH]c1ccccc1c2=O. The number of azo groups is 1. The predicted molar refractivity (Wildman–Crippen MR) is 58.1 cm³/mol. The minimum absolute atomic E-state index is 0.0892. The highest BCUT2D eigenvalue weighted by Gasteiger charge is 2.26. The molecule has 1 aromatic heterocycles. The van der Waals surface area contributed by atoms with Gasteiger partial charge < -0.3 is 4.98 Å². The third-order valence-electron chi connectivity index (χ3n) is 2.57. The monoisotopic (exact) mass is 227 g/mol. The summed E-state index contributed by atoms with van der Waals surface area (Å²) >= 11 is 0. The van der Waals surface area contributed by atoms with E-state index in [9.17, 15) is 14.4 Å². The van der Waals surface area contributed by atoms with Crippen molar-refractivity contribution in [1.82, 2.24) is 4.98 Å². The molecule has 0 atom stereocenters. The van der Waals surface area contributed by atoms with Gasteiger partial charge in [0.05, 0.1) is 0 Å². The Hall–Kier alpha value is -2.63. The molecule has 0 unspecified atom stereocenters. The number of aromatic amines is 1. The van der Waals surface area contributed by atoms with Crippen LogP contribution in [0.3, 0.4) is 0 Å². The van der Waals surface area contributed by atoms with Crippen LogP contribution >= 0.6 is 0 Å². The van der Waals surface area contributed by atoms with E-state index < -0.39 is 17.2 Å². The molecule has 0 bridgehead atoms. The van der Waals surface area contributed by atoms with E-state index in [2.05, 4.69) is 15.2 Å². The van der Waals surface area contributed by atoms with Crippen molar-refractivity contribution in [1.29, 1.82) is 0 Å². The van der Waals surface area contributed by atoms with Crippen LogP contribution in [0.25, 0.3) is 10.9 Å². The second-order valence-corrected chi connectivity index (χ2v) is 3.56. The van der Waals surface area contributed by atoms with Crippen LogP contribution in [0.15, 0.2) is 39.3 Å². The highest BCUT2D eigenvalue weighted by Crippen LogP contribution is 2.16. The third kappa shape index (κ3) is 1.24. The van der Waals surface area contributed by atoms with Gasteiger partial charge in [-0.05, 0) is 12.1 Å². The van der Waals surface area contributed by atoms with Gasteiger partial charge in [-0.1, -0.05) is 12.1 Å². The number of amides is 2. The van der Waals surface area contributed by atoms with E-state index in [0.717, 1.165) is 0 Å². The summed E-state index contributed by atoms with van der Waals surface area (Å²) in [5, 5.41) is 6.65. The van der Waals surface area contributed by atoms with Crippen LogP contribution in [0.2, 0.25) is 0 Å². The molecule has 2 heterocycles. The Morgan fingerprint density at radius 1 is 0.941 bits per heavy atom. The Morgan fingerprint density at radius 2 is 1.65 bits per heavy atom. The number of para-hydroxylation sites is 1. The first-order valence-corrected chi connectivity index (χ1v) is 4.84. The van der Waals surface area contributed by atoms with E-state index in [4.69, 9.17) is 0 Å². The summed E-state index contributed by atoms with van der Waals surface area (Å²) in [4.78, 5) is 37.7. The largest absolute Gasteiger partial charge is 0.350 e. The number of pyridine rings is 1. The van der Waals surface area contributed by atoms with Gasteiger partial charge in [0.1, 0.15) is 11.3 Å². The van der Waals surface area contributed by atoms with Crippen LogP contribution in [0.1, 0.15) is 20.8 Å². The van der Waals surface area contributed by atoms with Crippen molar-refractivity contribution in [2.24, 2.45) is 10.2 Å². The van der Waals surface area contributed by atoms with Gasteiger partial charge in [-0.2, -0.15) is 0 Å². The van der Waals surface area contributed by atoms with Crippen LogP contribution in [0.4, 0.5) is 0 Å². The van der Waals surface area contributed by atoms with E-state index in [1.807, 2.05) is 0 Å². The molecule has 2 aromatic rings. The minimum atomic E-state index is -0.786. The minimum Gasteiger partial charge on any atom is -0.350 e. The van der Waals surface area contributed by atoms with Gasteiger partial charge in [-0.25, -0.2) is 0 Å². The molecular weight excluding hydrogens is 222 g/mol. The summed E-state index contributed by atoms with van der Waals surface area (Å²) in [5.74, 6) is -1.49. The van der Waals surface area contributed by atoms with Crippen molar-refractivity contribution in [2.45, 2.75) is 0 Å². The fourth-order valence-electron chi connectivity index (χ4n) is 1.79. The Balaban J connectivity index is 2.53. The molecule has 1 aliphatic rings. The van der Waals surface area contributed by atoms with E-state index >= 15 is 0 Å². The average Bonchev–Trinajstić information content (AvgIpc) is 2.34. The Labute approximate surface area is 94.0 Å². The van der Waals surface area contributed by atoms with Gasteiger partial charge in [0.25, 0.3) is 0 Å². The number of benzene rings is 1. The quantitative estimate of drug-likeness (QED) is 0.734. The normalized spacial score (nSPS) is 14.1. The number of hydrogen-bond acceptors (Lipinski definition) is 3. The number of H-pyrrole nitrogens is 1. The Bertz CT molecular complexity index is 758. The lowest BCUT2D eigenvalue weighted by Gasteiger charge is -2.07. The summed E-state index contributed by atoms with van der Waals surface area (Å²) < 4.78 is 0. The number of fused-ring (bicyclic) bond motifs is 2. The molecule has 0 radical (unpaired) electrons. The maximum absolute atomic E-state index is 12.0. The first kappa shape index (κ1) is 9.59. The predicted octanol–water partition coefficient (Wildman–Crippen LogP) is 1.27. The topological polar surface area (TPSA) is 91.7 Å². The first-order valence-electron chi connectivity index (χ1n) is 4.84. The summed E-state index contributed by atoms with van der Waals surface area (Å²) in [6.07, 6.45) is 0. The maximum atomic E-state index is 12.0. The molecule has 0 saturated carbocycles. The number of carbonyl (C=O) groups is 2. The Kier molecular flexibility index (Phi) is 1.79. The molecule has 0 aliphatic carbocycles. The molecule has 0 spiro atoms. The van der Waals surface area contributed by atoms with Crippen molar-refractivity contribution in [3.8, 4) is 0 Å². The van der Waals surface area contributed by atoms with Gasteiger partial charge in [0, 0.05) is 10.9 Å². The molecule has 0 saturated heterocycles. The van der Waals surface area contributed by atoms with Crippen LogP contribution in [0.5, 0.6) is 0 Å². The van der Waals surface area contributed by atoms with E-state index in [0.29, 0.717) is 10.9 Å². The highest BCUT2D eigenvalue weighted by atomic mass is 16.2. The number of nitrogens with zero attached hydrogens (tertiary/aromatic N) is 2. The van der Waals surface area contributed by atoms with Crippen molar-refractivity contribution in [3.05, 3.63) is 45.7 Å². The zero-order valence-corrected chi connectivity index (χ0v) is 8.43. The lowest BCUT2D eigenvalue weighted by atomic mass is 10.1. The van der Waals surface area contributed by atoms with Gasteiger partial charge in [0.2, 0.25) is 5.43 Å². The van der Waals surface area contributed by atoms with Crippen LogP contribution in [-0.2, 0) is 0 Å². The fraction of sp³-hybridized carbons (Fsp3) is 0. The molecule has 1 N–H and O–H groups in total. The molecular formula is C11H5N3O3. The van der Waals surface area contributed by atoms with Crippen LogP contribution < -0.4 is 5.43 Å². The van der Waals surface area contributed by atoms with Crippen molar-refractivity contribution >= 4 is 22.7 Å². The van der Waals surface area contributed by atoms with Gasteiger partial charge in [-0.15, -0.1) is 10.2 Å².